The molecule has 1 aromatic rings. The number of hydrogen-bond acceptors (Lipinski definition) is 4. The van der Waals surface area contributed by atoms with E-state index in [0.717, 1.165) is 32.2 Å². The van der Waals surface area contributed by atoms with Crippen molar-refractivity contribution < 1.29 is 9.50 Å². The predicted molar refractivity (Wildman–Crippen MR) is 81.2 cm³/mol. The smallest absolute Gasteiger partial charge is 0.141 e. The molecule has 1 aromatic heterocycles. The van der Waals surface area contributed by atoms with Crippen molar-refractivity contribution >= 4 is 0 Å². The highest BCUT2D eigenvalue weighted by atomic mass is 19.1. The first kappa shape index (κ1) is 16.3. The van der Waals surface area contributed by atoms with Crippen LogP contribution in [0.5, 0.6) is 0 Å². The average Bonchev–Trinajstić information content (AvgIpc) is 2.84. The number of nitrogens with zero attached hydrogens (tertiary/aromatic N) is 2. The molecule has 3 N–H and O–H groups in total. The van der Waals surface area contributed by atoms with E-state index < -0.39 is 5.60 Å². The third-order valence-corrected chi connectivity index (χ3v) is 4.40. The highest BCUT2D eigenvalue weighted by Crippen LogP contribution is 2.30. The minimum Gasteiger partial charge on any atom is -0.389 e. The zero-order chi connectivity index (χ0) is 15.5. The second-order valence-electron chi connectivity index (χ2n) is 6.53. The van der Waals surface area contributed by atoms with Crippen LogP contribution in [0.15, 0.2) is 18.3 Å². The summed E-state index contributed by atoms with van der Waals surface area (Å²) in [5, 5.41) is 10.4. The van der Waals surface area contributed by atoms with Gasteiger partial charge >= 0.3 is 0 Å². The molecule has 5 heteroatoms. The van der Waals surface area contributed by atoms with E-state index in [1.165, 1.54) is 12.3 Å². The van der Waals surface area contributed by atoms with E-state index in [9.17, 15) is 9.50 Å². The highest BCUT2D eigenvalue weighted by molar-refractivity contribution is 5.10. The first-order valence-corrected chi connectivity index (χ1v) is 7.68. The minimum absolute atomic E-state index is 0.179. The van der Waals surface area contributed by atoms with Crippen molar-refractivity contribution in [3.05, 3.63) is 29.8 Å². The predicted octanol–water partition coefficient (Wildman–Crippen LogP) is 2.09. The van der Waals surface area contributed by atoms with Crippen LogP contribution in [0, 0.1) is 11.7 Å². The number of pyridine rings is 1. The lowest BCUT2D eigenvalue weighted by Gasteiger charge is -2.31. The monoisotopic (exact) mass is 295 g/mol. The molecule has 2 rings (SSSR count). The maximum absolute atomic E-state index is 12.9. The standard InChI is InChI=1S/C16H26FN3O/c1-12(15(18)14-6-5-13(17)9-19-14)10-20(2)11-16(21)7-3-4-8-16/h5-6,9,12,15,21H,3-4,7-8,10-11,18H2,1-2H3. The van der Waals surface area contributed by atoms with Crippen molar-refractivity contribution in [2.75, 3.05) is 20.1 Å². The maximum Gasteiger partial charge on any atom is 0.141 e. The van der Waals surface area contributed by atoms with E-state index in [4.69, 9.17) is 5.73 Å². The first-order chi connectivity index (χ1) is 9.89. The number of halogens is 1. The van der Waals surface area contributed by atoms with Gasteiger partial charge in [-0.1, -0.05) is 19.8 Å². The van der Waals surface area contributed by atoms with Gasteiger partial charge in [0.05, 0.1) is 23.5 Å². The second-order valence-corrected chi connectivity index (χ2v) is 6.53. The Kier molecular flexibility index (Phi) is 5.30. The van der Waals surface area contributed by atoms with Gasteiger partial charge in [-0.3, -0.25) is 4.98 Å². The lowest BCUT2D eigenvalue weighted by Crippen LogP contribution is -2.42. The molecule has 0 aliphatic heterocycles. The molecule has 1 fully saturated rings. The number of aromatic nitrogens is 1. The van der Waals surface area contributed by atoms with Crippen molar-refractivity contribution in [3.8, 4) is 0 Å². The lowest BCUT2D eigenvalue weighted by atomic mass is 9.97. The summed E-state index contributed by atoms with van der Waals surface area (Å²) in [6.45, 7) is 3.52. The minimum atomic E-state index is -0.535. The zero-order valence-corrected chi connectivity index (χ0v) is 12.9. The summed E-state index contributed by atoms with van der Waals surface area (Å²) < 4.78 is 12.9. The Morgan fingerprint density at radius 2 is 2.10 bits per heavy atom. The van der Waals surface area contributed by atoms with E-state index in [-0.39, 0.29) is 17.8 Å². The number of likely N-dealkylation sites (N-methyl/N-ethyl adjacent to an activating group) is 1. The van der Waals surface area contributed by atoms with Gasteiger partial charge in [-0.05, 0) is 37.9 Å². The number of rotatable bonds is 6. The Labute approximate surface area is 126 Å². The van der Waals surface area contributed by atoms with Crippen molar-refractivity contribution in [2.45, 2.75) is 44.2 Å². The van der Waals surface area contributed by atoms with Crippen molar-refractivity contribution in [1.29, 1.82) is 0 Å². The van der Waals surface area contributed by atoms with Gasteiger partial charge in [0.15, 0.2) is 0 Å². The van der Waals surface area contributed by atoms with E-state index in [1.54, 1.807) is 6.07 Å². The van der Waals surface area contributed by atoms with Crippen LogP contribution in [0.3, 0.4) is 0 Å². The molecule has 118 valence electrons. The molecule has 21 heavy (non-hydrogen) atoms. The number of hydrogen-bond donors (Lipinski definition) is 2. The fraction of sp³-hybridized carbons (Fsp3) is 0.688. The summed E-state index contributed by atoms with van der Waals surface area (Å²) in [6.07, 6.45) is 5.19. The van der Waals surface area contributed by atoms with E-state index in [1.807, 2.05) is 7.05 Å². The Balaban J connectivity index is 1.87. The molecule has 2 unspecified atom stereocenters. The molecule has 1 aliphatic rings. The van der Waals surface area contributed by atoms with E-state index in [0.29, 0.717) is 12.2 Å². The van der Waals surface area contributed by atoms with Crippen LogP contribution >= 0.6 is 0 Å². The quantitative estimate of drug-likeness (QED) is 0.843. The molecule has 0 saturated heterocycles. The summed E-state index contributed by atoms with van der Waals surface area (Å²) in [4.78, 5) is 6.19. The third kappa shape index (κ3) is 4.46. The molecular weight excluding hydrogens is 269 g/mol. The molecule has 2 atom stereocenters. The Hall–Kier alpha value is -1.04. The molecule has 1 aliphatic carbocycles. The fourth-order valence-corrected chi connectivity index (χ4v) is 3.24. The molecule has 0 bridgehead atoms. The van der Waals surface area contributed by atoms with Crippen molar-refractivity contribution in [2.24, 2.45) is 11.7 Å². The van der Waals surface area contributed by atoms with Crippen LogP contribution in [0.2, 0.25) is 0 Å². The van der Waals surface area contributed by atoms with Crippen LogP contribution in [0.25, 0.3) is 0 Å². The number of aliphatic hydroxyl groups is 1. The van der Waals surface area contributed by atoms with Gasteiger partial charge in [-0.25, -0.2) is 4.39 Å². The Morgan fingerprint density at radius 3 is 2.67 bits per heavy atom. The van der Waals surface area contributed by atoms with Crippen molar-refractivity contribution in [1.82, 2.24) is 9.88 Å². The second kappa shape index (κ2) is 6.81. The topological polar surface area (TPSA) is 62.4 Å². The maximum atomic E-state index is 12.9. The van der Waals surface area contributed by atoms with Gasteiger partial charge < -0.3 is 15.7 Å². The summed E-state index contributed by atoms with van der Waals surface area (Å²) in [5.41, 5.74) is 6.37. The summed E-state index contributed by atoms with van der Waals surface area (Å²) in [5.74, 6) is -0.169. The average molecular weight is 295 g/mol. The molecule has 0 spiro atoms. The number of nitrogens with two attached hydrogens (primary N) is 1. The van der Waals surface area contributed by atoms with Gasteiger partial charge in [0.25, 0.3) is 0 Å². The van der Waals surface area contributed by atoms with Gasteiger partial charge in [0.2, 0.25) is 0 Å². The van der Waals surface area contributed by atoms with Crippen molar-refractivity contribution in [3.63, 3.8) is 0 Å². The third-order valence-electron chi connectivity index (χ3n) is 4.40. The molecule has 0 amide bonds. The van der Waals surface area contributed by atoms with Gasteiger partial charge in [0.1, 0.15) is 5.82 Å². The largest absolute Gasteiger partial charge is 0.389 e. The van der Waals surface area contributed by atoms with Gasteiger partial charge in [-0.2, -0.15) is 0 Å². The molecule has 0 aromatic carbocycles. The van der Waals surface area contributed by atoms with Gasteiger partial charge in [-0.15, -0.1) is 0 Å². The summed E-state index contributed by atoms with van der Waals surface area (Å²) in [7, 11) is 2.01. The normalized spacial score (nSPS) is 20.7. The molecule has 1 saturated carbocycles. The van der Waals surface area contributed by atoms with Crippen LogP contribution in [0.4, 0.5) is 4.39 Å². The Morgan fingerprint density at radius 1 is 1.43 bits per heavy atom. The summed E-state index contributed by atoms with van der Waals surface area (Å²) >= 11 is 0. The van der Waals surface area contributed by atoms with Crippen LogP contribution in [0.1, 0.15) is 44.3 Å². The Bertz CT molecular complexity index is 445. The lowest BCUT2D eigenvalue weighted by molar-refractivity contribution is 0.0126. The molecule has 0 radical (unpaired) electrons. The van der Waals surface area contributed by atoms with Gasteiger partial charge in [0, 0.05) is 13.1 Å². The van der Waals surface area contributed by atoms with E-state index in [2.05, 4.69) is 16.8 Å². The van der Waals surface area contributed by atoms with Crippen LogP contribution in [-0.4, -0.2) is 40.7 Å². The highest BCUT2D eigenvalue weighted by Gasteiger charge is 2.32. The summed E-state index contributed by atoms with van der Waals surface area (Å²) in [6, 6.07) is 2.80. The first-order valence-electron chi connectivity index (χ1n) is 7.68. The zero-order valence-electron chi connectivity index (χ0n) is 12.9. The fourth-order valence-electron chi connectivity index (χ4n) is 3.24. The van der Waals surface area contributed by atoms with E-state index >= 15 is 0 Å². The molecule has 1 heterocycles. The molecule has 4 nitrogen and oxygen atoms in total. The molecular formula is C16H26FN3O. The SMILES string of the molecule is CC(CN(C)CC1(O)CCCC1)C(N)c1ccc(F)cn1. The van der Waals surface area contributed by atoms with Crippen LogP contribution in [-0.2, 0) is 0 Å². The van der Waals surface area contributed by atoms with Crippen LogP contribution < -0.4 is 5.73 Å².